The molecule has 0 bridgehead atoms. The number of phenolic OH excluding ortho intramolecular Hbond substituents is 1. The number of rotatable bonds is 9. The van der Waals surface area contributed by atoms with Crippen LogP contribution < -0.4 is 9.47 Å². The van der Waals surface area contributed by atoms with Crippen molar-refractivity contribution in [3.8, 4) is 17.2 Å². The van der Waals surface area contributed by atoms with E-state index in [-0.39, 0.29) is 5.75 Å². The molecule has 1 aromatic heterocycles. The van der Waals surface area contributed by atoms with Crippen LogP contribution in [0.3, 0.4) is 0 Å². The maximum absolute atomic E-state index is 10.6. The molecule has 0 saturated carbocycles. The molecule has 1 aliphatic rings. The Morgan fingerprint density at radius 2 is 1.58 bits per heavy atom. The first-order valence-corrected chi connectivity index (χ1v) is 11.6. The highest BCUT2D eigenvalue weighted by Crippen LogP contribution is 2.42. The molecule has 0 spiro atoms. The van der Waals surface area contributed by atoms with Crippen molar-refractivity contribution in [3.63, 3.8) is 0 Å². The molecule has 1 aliphatic heterocycles. The molecule has 0 radical (unpaired) electrons. The van der Waals surface area contributed by atoms with Crippen LogP contribution in [-0.4, -0.2) is 24.0 Å². The van der Waals surface area contributed by atoms with E-state index in [2.05, 4.69) is 41.8 Å². The Morgan fingerprint density at radius 1 is 0.903 bits per heavy atom. The SMILES string of the molecule is CCCOc1cc(C2=NC(c3cccs3)=C(c3ccccc3)C2)cc(OCCC)c1O. The van der Waals surface area contributed by atoms with Gasteiger partial charge in [-0.15, -0.1) is 11.3 Å². The summed E-state index contributed by atoms with van der Waals surface area (Å²) in [6.07, 6.45) is 2.43. The molecular weight excluding hydrogens is 406 g/mol. The summed E-state index contributed by atoms with van der Waals surface area (Å²) in [4.78, 5) is 6.20. The maximum Gasteiger partial charge on any atom is 0.200 e. The Hall–Kier alpha value is -3.05. The van der Waals surface area contributed by atoms with Gasteiger partial charge in [0.2, 0.25) is 5.75 Å². The summed E-state index contributed by atoms with van der Waals surface area (Å²) in [6.45, 7) is 5.15. The lowest BCUT2D eigenvalue weighted by molar-refractivity contribution is 0.273. The van der Waals surface area contributed by atoms with E-state index in [1.165, 1.54) is 11.1 Å². The summed E-state index contributed by atoms with van der Waals surface area (Å²) < 4.78 is 11.6. The lowest BCUT2D eigenvalue weighted by atomic mass is 9.97. The van der Waals surface area contributed by atoms with Crippen molar-refractivity contribution < 1.29 is 14.6 Å². The Kier molecular flexibility index (Phi) is 6.73. The Balaban J connectivity index is 1.75. The van der Waals surface area contributed by atoms with E-state index in [0.717, 1.165) is 34.7 Å². The van der Waals surface area contributed by atoms with Crippen molar-refractivity contribution in [1.29, 1.82) is 0 Å². The van der Waals surface area contributed by atoms with Crippen LogP contribution >= 0.6 is 11.3 Å². The highest BCUT2D eigenvalue weighted by atomic mass is 32.1. The molecular formula is C26H27NO3S. The second kappa shape index (κ2) is 9.84. The summed E-state index contributed by atoms with van der Waals surface area (Å²) in [5.74, 6) is 0.942. The number of benzene rings is 2. The van der Waals surface area contributed by atoms with Gasteiger partial charge in [0.25, 0.3) is 0 Å². The molecule has 4 nitrogen and oxygen atoms in total. The van der Waals surface area contributed by atoms with Gasteiger partial charge in [0, 0.05) is 12.0 Å². The molecule has 0 fully saturated rings. The molecule has 5 heteroatoms. The van der Waals surface area contributed by atoms with Crippen molar-refractivity contribution in [1.82, 2.24) is 0 Å². The zero-order chi connectivity index (χ0) is 21.6. The van der Waals surface area contributed by atoms with E-state index in [1.807, 2.05) is 32.0 Å². The maximum atomic E-state index is 10.6. The van der Waals surface area contributed by atoms with E-state index >= 15 is 0 Å². The third-order valence-corrected chi connectivity index (χ3v) is 5.93. The zero-order valence-electron chi connectivity index (χ0n) is 17.9. The lowest BCUT2D eigenvalue weighted by Gasteiger charge is -2.14. The second-order valence-corrected chi connectivity index (χ2v) is 8.37. The summed E-state index contributed by atoms with van der Waals surface area (Å²) >= 11 is 1.69. The number of hydrogen-bond donors (Lipinski definition) is 1. The number of thiophene rings is 1. The standard InChI is InChI=1S/C26H27NO3S/c1-3-12-29-22-15-19(16-23(26(22)28)30-13-4-2)21-17-20(18-9-6-5-7-10-18)25(27-21)24-11-8-14-31-24/h5-11,14-16,28H,3-4,12-13,17H2,1-2H3. The van der Waals surface area contributed by atoms with E-state index in [1.54, 1.807) is 11.3 Å². The number of ether oxygens (including phenoxy) is 2. The van der Waals surface area contributed by atoms with Crippen molar-refractivity contribution in [2.75, 3.05) is 13.2 Å². The molecule has 0 aliphatic carbocycles. The minimum atomic E-state index is 0.0546. The predicted octanol–water partition coefficient (Wildman–Crippen LogP) is 6.79. The monoisotopic (exact) mass is 433 g/mol. The molecule has 2 heterocycles. The van der Waals surface area contributed by atoms with Crippen LogP contribution in [0.15, 0.2) is 65.0 Å². The molecule has 0 unspecified atom stereocenters. The second-order valence-electron chi connectivity index (χ2n) is 7.42. The first-order chi connectivity index (χ1) is 15.2. The molecule has 4 rings (SSSR count). The topological polar surface area (TPSA) is 51.0 Å². The third-order valence-electron chi connectivity index (χ3n) is 5.05. The van der Waals surface area contributed by atoms with Crippen LogP contribution in [0, 0.1) is 0 Å². The van der Waals surface area contributed by atoms with Gasteiger partial charge in [-0.25, -0.2) is 0 Å². The average Bonchev–Trinajstić information content (AvgIpc) is 3.48. The number of hydrogen-bond acceptors (Lipinski definition) is 5. The average molecular weight is 434 g/mol. The quantitative estimate of drug-likeness (QED) is 0.404. The Morgan fingerprint density at radius 3 is 2.16 bits per heavy atom. The largest absolute Gasteiger partial charge is 0.502 e. The van der Waals surface area contributed by atoms with Gasteiger partial charge >= 0.3 is 0 Å². The minimum absolute atomic E-state index is 0.0546. The van der Waals surface area contributed by atoms with Crippen LogP contribution in [0.25, 0.3) is 11.3 Å². The fourth-order valence-corrected chi connectivity index (χ4v) is 4.29. The van der Waals surface area contributed by atoms with Gasteiger partial charge in [-0.3, -0.25) is 4.99 Å². The van der Waals surface area contributed by atoms with E-state index in [0.29, 0.717) is 31.1 Å². The van der Waals surface area contributed by atoms with Crippen LogP contribution in [0.5, 0.6) is 17.2 Å². The number of aromatic hydroxyl groups is 1. The highest BCUT2D eigenvalue weighted by Gasteiger charge is 2.24. The molecule has 0 saturated heterocycles. The van der Waals surface area contributed by atoms with E-state index < -0.39 is 0 Å². The molecule has 2 aromatic carbocycles. The lowest BCUT2D eigenvalue weighted by Crippen LogP contribution is -2.04. The van der Waals surface area contributed by atoms with Gasteiger partial charge in [0.1, 0.15) is 0 Å². The van der Waals surface area contributed by atoms with Crippen molar-refractivity contribution in [2.45, 2.75) is 33.1 Å². The highest BCUT2D eigenvalue weighted by molar-refractivity contribution is 7.11. The van der Waals surface area contributed by atoms with Gasteiger partial charge in [-0.1, -0.05) is 50.2 Å². The fraction of sp³-hybridized carbons (Fsp3) is 0.269. The van der Waals surface area contributed by atoms with Crippen molar-refractivity contribution in [2.24, 2.45) is 4.99 Å². The van der Waals surface area contributed by atoms with Crippen LogP contribution in [0.4, 0.5) is 0 Å². The molecule has 3 aromatic rings. The Bertz CT molecular complexity index is 1060. The summed E-state index contributed by atoms with van der Waals surface area (Å²) in [5.41, 5.74) is 5.25. The molecule has 160 valence electrons. The van der Waals surface area contributed by atoms with Gasteiger partial charge in [0.05, 0.1) is 29.5 Å². The van der Waals surface area contributed by atoms with Gasteiger partial charge < -0.3 is 14.6 Å². The number of aliphatic imine (C=N–C) groups is 1. The van der Waals surface area contributed by atoms with Crippen LogP contribution in [0.1, 0.15) is 49.1 Å². The van der Waals surface area contributed by atoms with Gasteiger partial charge in [0.15, 0.2) is 11.5 Å². The van der Waals surface area contributed by atoms with Crippen LogP contribution in [0.2, 0.25) is 0 Å². The first kappa shape index (κ1) is 21.2. The molecule has 0 atom stereocenters. The van der Waals surface area contributed by atoms with Crippen LogP contribution in [-0.2, 0) is 0 Å². The van der Waals surface area contributed by atoms with Crippen molar-refractivity contribution in [3.05, 3.63) is 76.0 Å². The van der Waals surface area contributed by atoms with E-state index in [4.69, 9.17) is 14.5 Å². The summed E-state index contributed by atoms with van der Waals surface area (Å²) in [5, 5.41) is 12.7. The smallest absolute Gasteiger partial charge is 0.200 e. The van der Waals surface area contributed by atoms with Crippen molar-refractivity contribution >= 4 is 28.3 Å². The molecule has 31 heavy (non-hydrogen) atoms. The first-order valence-electron chi connectivity index (χ1n) is 10.7. The van der Waals surface area contributed by atoms with Gasteiger partial charge in [-0.2, -0.15) is 0 Å². The fourth-order valence-electron chi connectivity index (χ4n) is 3.55. The number of phenols is 1. The normalized spacial score (nSPS) is 13.4. The number of nitrogens with zero attached hydrogens (tertiary/aromatic N) is 1. The van der Waals surface area contributed by atoms with Gasteiger partial charge in [-0.05, 0) is 47.6 Å². The molecule has 1 N–H and O–H groups in total. The minimum Gasteiger partial charge on any atom is -0.502 e. The Labute approximate surface area is 187 Å². The third kappa shape index (κ3) is 4.67. The predicted molar refractivity (Wildman–Crippen MR) is 128 cm³/mol. The summed E-state index contributed by atoms with van der Waals surface area (Å²) in [7, 11) is 0. The number of allylic oxidation sites excluding steroid dienone is 1. The van der Waals surface area contributed by atoms with E-state index in [9.17, 15) is 5.11 Å². The summed E-state index contributed by atoms with van der Waals surface area (Å²) in [6, 6.07) is 18.3. The molecule has 0 amide bonds. The zero-order valence-corrected chi connectivity index (χ0v) is 18.7.